The van der Waals surface area contributed by atoms with Crippen LogP contribution in [0.2, 0.25) is 0 Å². The van der Waals surface area contributed by atoms with Crippen molar-refractivity contribution in [1.82, 2.24) is 5.32 Å². The molecule has 0 spiro atoms. The summed E-state index contributed by atoms with van der Waals surface area (Å²) in [5.74, 6) is -0.992. The lowest BCUT2D eigenvalue weighted by molar-refractivity contribution is 0.188. The Morgan fingerprint density at radius 3 is 2.74 bits per heavy atom. The van der Waals surface area contributed by atoms with Crippen LogP contribution in [0.15, 0.2) is 18.2 Å². The number of hydrogen-bond donors (Lipinski definition) is 1. The van der Waals surface area contributed by atoms with Gasteiger partial charge < -0.3 is 10.1 Å². The number of methoxy groups -OCH3 is 1. The highest BCUT2D eigenvalue weighted by Crippen LogP contribution is 2.14. The van der Waals surface area contributed by atoms with Gasteiger partial charge in [0.1, 0.15) is 11.6 Å². The Labute approximate surface area is 114 Å². The van der Waals surface area contributed by atoms with Crippen LogP contribution in [0.25, 0.3) is 0 Å². The normalized spacial score (nSPS) is 12.6. The molecule has 1 N–H and O–H groups in total. The molecule has 108 valence electrons. The van der Waals surface area contributed by atoms with Gasteiger partial charge in [0.25, 0.3) is 0 Å². The second-order valence-electron chi connectivity index (χ2n) is 4.73. The second kappa shape index (κ2) is 8.99. The molecule has 19 heavy (non-hydrogen) atoms. The molecule has 0 aliphatic heterocycles. The summed E-state index contributed by atoms with van der Waals surface area (Å²) in [6.07, 6.45) is 3.47. The molecule has 1 aromatic rings. The fourth-order valence-electron chi connectivity index (χ4n) is 2.05. The van der Waals surface area contributed by atoms with E-state index in [0.717, 1.165) is 31.9 Å². The minimum atomic E-state index is -0.529. The van der Waals surface area contributed by atoms with E-state index in [2.05, 4.69) is 12.2 Å². The van der Waals surface area contributed by atoms with Crippen molar-refractivity contribution in [1.29, 1.82) is 0 Å². The summed E-state index contributed by atoms with van der Waals surface area (Å²) < 4.78 is 31.5. The van der Waals surface area contributed by atoms with Crippen LogP contribution < -0.4 is 5.32 Å². The van der Waals surface area contributed by atoms with E-state index in [1.54, 1.807) is 7.11 Å². The topological polar surface area (TPSA) is 21.3 Å². The fraction of sp³-hybridized carbons (Fsp3) is 0.600. The molecule has 0 saturated carbocycles. The number of benzene rings is 1. The molecule has 1 aromatic carbocycles. The summed E-state index contributed by atoms with van der Waals surface area (Å²) in [5.41, 5.74) is 0.562. The number of hydrogen-bond acceptors (Lipinski definition) is 2. The van der Waals surface area contributed by atoms with E-state index >= 15 is 0 Å². The largest absolute Gasteiger partial charge is 0.385 e. The summed E-state index contributed by atoms with van der Waals surface area (Å²) in [5, 5.41) is 3.40. The molecular weight excluding hydrogens is 248 g/mol. The Morgan fingerprint density at radius 2 is 2.11 bits per heavy atom. The molecule has 0 fully saturated rings. The van der Waals surface area contributed by atoms with Crippen molar-refractivity contribution in [3.63, 3.8) is 0 Å². The van der Waals surface area contributed by atoms with Gasteiger partial charge in [0.15, 0.2) is 0 Å². The standard InChI is InChI=1S/C15H23F2NO/c1-3-8-18-14(5-4-9-19-2)10-12-6-7-13(16)11-15(12)17/h6-7,11,14,18H,3-5,8-10H2,1-2H3. The first-order valence-corrected chi connectivity index (χ1v) is 6.83. The summed E-state index contributed by atoms with van der Waals surface area (Å²) >= 11 is 0. The first kappa shape index (κ1) is 16.1. The van der Waals surface area contributed by atoms with Crippen molar-refractivity contribution < 1.29 is 13.5 Å². The molecule has 1 rings (SSSR count). The van der Waals surface area contributed by atoms with E-state index in [1.165, 1.54) is 12.1 Å². The van der Waals surface area contributed by atoms with Crippen LogP contribution in [0.1, 0.15) is 31.7 Å². The fourth-order valence-corrected chi connectivity index (χ4v) is 2.05. The molecule has 0 aliphatic rings. The maximum Gasteiger partial charge on any atom is 0.129 e. The third-order valence-electron chi connectivity index (χ3n) is 3.07. The average Bonchev–Trinajstić information content (AvgIpc) is 2.39. The minimum absolute atomic E-state index is 0.204. The Bertz CT molecular complexity index is 371. The van der Waals surface area contributed by atoms with Crippen molar-refractivity contribution in [2.24, 2.45) is 0 Å². The summed E-state index contributed by atoms with van der Waals surface area (Å²) in [4.78, 5) is 0. The quantitative estimate of drug-likeness (QED) is 0.696. The predicted octanol–water partition coefficient (Wildman–Crippen LogP) is 3.30. The molecule has 0 radical (unpaired) electrons. The molecule has 0 bridgehead atoms. The minimum Gasteiger partial charge on any atom is -0.385 e. The molecule has 4 heteroatoms. The third-order valence-corrected chi connectivity index (χ3v) is 3.07. The monoisotopic (exact) mass is 271 g/mol. The van der Waals surface area contributed by atoms with Gasteiger partial charge in [-0.05, 0) is 43.9 Å². The molecule has 1 unspecified atom stereocenters. The first-order valence-electron chi connectivity index (χ1n) is 6.83. The lowest BCUT2D eigenvalue weighted by atomic mass is 10.0. The highest BCUT2D eigenvalue weighted by atomic mass is 19.1. The maximum atomic E-state index is 13.6. The van der Waals surface area contributed by atoms with Crippen LogP contribution in [0.4, 0.5) is 8.78 Å². The number of rotatable bonds is 9. The lowest BCUT2D eigenvalue weighted by Gasteiger charge is -2.19. The Balaban J connectivity index is 2.58. The van der Waals surface area contributed by atoms with Gasteiger partial charge in [-0.2, -0.15) is 0 Å². The Kier molecular flexibility index (Phi) is 7.60. The molecule has 0 amide bonds. The van der Waals surface area contributed by atoms with Crippen molar-refractivity contribution >= 4 is 0 Å². The number of halogens is 2. The third kappa shape index (κ3) is 6.12. The Hall–Kier alpha value is -1.00. The molecule has 0 heterocycles. The van der Waals surface area contributed by atoms with E-state index in [0.29, 0.717) is 18.6 Å². The van der Waals surface area contributed by atoms with Gasteiger partial charge in [-0.25, -0.2) is 8.78 Å². The van der Waals surface area contributed by atoms with Gasteiger partial charge in [0.2, 0.25) is 0 Å². The number of nitrogens with one attached hydrogen (secondary N) is 1. The van der Waals surface area contributed by atoms with Gasteiger partial charge in [-0.3, -0.25) is 0 Å². The molecule has 0 saturated heterocycles. The van der Waals surface area contributed by atoms with Crippen molar-refractivity contribution in [3.05, 3.63) is 35.4 Å². The molecule has 0 aliphatic carbocycles. The highest BCUT2D eigenvalue weighted by Gasteiger charge is 2.12. The van der Waals surface area contributed by atoms with Crippen molar-refractivity contribution in [3.8, 4) is 0 Å². The number of ether oxygens (including phenoxy) is 1. The predicted molar refractivity (Wildman–Crippen MR) is 73.3 cm³/mol. The SMILES string of the molecule is CCCNC(CCCOC)Cc1ccc(F)cc1F. The molecule has 2 nitrogen and oxygen atoms in total. The van der Waals surface area contributed by atoms with Crippen LogP contribution in [-0.4, -0.2) is 26.3 Å². The second-order valence-corrected chi connectivity index (χ2v) is 4.73. The van der Waals surface area contributed by atoms with Crippen LogP contribution in [0, 0.1) is 11.6 Å². The van der Waals surface area contributed by atoms with E-state index in [-0.39, 0.29) is 6.04 Å². The van der Waals surface area contributed by atoms with E-state index < -0.39 is 11.6 Å². The summed E-state index contributed by atoms with van der Waals surface area (Å²) in [6.45, 7) is 3.70. The zero-order valence-electron chi connectivity index (χ0n) is 11.7. The van der Waals surface area contributed by atoms with Crippen LogP contribution in [0.3, 0.4) is 0 Å². The zero-order chi connectivity index (χ0) is 14.1. The lowest BCUT2D eigenvalue weighted by Crippen LogP contribution is -2.32. The van der Waals surface area contributed by atoms with Gasteiger partial charge in [0.05, 0.1) is 0 Å². The molecule has 1 atom stereocenters. The van der Waals surface area contributed by atoms with Crippen LogP contribution >= 0.6 is 0 Å². The molecular formula is C15H23F2NO. The average molecular weight is 271 g/mol. The maximum absolute atomic E-state index is 13.6. The zero-order valence-corrected chi connectivity index (χ0v) is 11.7. The van der Waals surface area contributed by atoms with Crippen molar-refractivity contribution in [2.75, 3.05) is 20.3 Å². The van der Waals surface area contributed by atoms with E-state index in [4.69, 9.17) is 4.74 Å². The first-order chi connectivity index (χ1) is 9.17. The summed E-state index contributed by atoms with van der Waals surface area (Å²) in [7, 11) is 1.67. The van der Waals surface area contributed by atoms with Gasteiger partial charge in [0, 0.05) is 25.8 Å². The van der Waals surface area contributed by atoms with Crippen molar-refractivity contribution in [2.45, 2.75) is 38.6 Å². The van der Waals surface area contributed by atoms with E-state index in [1.807, 2.05) is 0 Å². The smallest absolute Gasteiger partial charge is 0.129 e. The van der Waals surface area contributed by atoms with Gasteiger partial charge >= 0.3 is 0 Å². The summed E-state index contributed by atoms with van der Waals surface area (Å²) in [6, 6.07) is 3.99. The Morgan fingerprint density at radius 1 is 1.32 bits per heavy atom. The highest BCUT2D eigenvalue weighted by molar-refractivity contribution is 5.19. The van der Waals surface area contributed by atoms with Crippen LogP contribution in [-0.2, 0) is 11.2 Å². The van der Waals surface area contributed by atoms with Crippen LogP contribution in [0.5, 0.6) is 0 Å². The van der Waals surface area contributed by atoms with Gasteiger partial charge in [-0.1, -0.05) is 13.0 Å². The van der Waals surface area contributed by atoms with Gasteiger partial charge in [-0.15, -0.1) is 0 Å². The van der Waals surface area contributed by atoms with E-state index in [9.17, 15) is 8.78 Å². The molecule has 0 aromatic heterocycles.